The number of likely N-dealkylation sites (tertiary alicyclic amines) is 1. The predicted octanol–water partition coefficient (Wildman–Crippen LogP) is 3.57. The van der Waals surface area contributed by atoms with Crippen LogP contribution in [0.5, 0.6) is 11.6 Å². The van der Waals surface area contributed by atoms with Gasteiger partial charge in [0.2, 0.25) is 0 Å². The summed E-state index contributed by atoms with van der Waals surface area (Å²) in [4.78, 5) is 24.4. The molecule has 226 valence electrons. The maximum Gasteiger partial charge on any atom is 0.282 e. The fourth-order valence-corrected chi connectivity index (χ4v) is 6.47. The third-order valence-corrected chi connectivity index (χ3v) is 8.30. The van der Waals surface area contributed by atoms with Crippen molar-refractivity contribution in [3.8, 4) is 11.6 Å². The lowest BCUT2D eigenvalue weighted by Crippen LogP contribution is -2.62. The van der Waals surface area contributed by atoms with Crippen LogP contribution in [0.4, 0.5) is 10.2 Å². The number of carbonyl (C=O) groups excluding carboxylic acids is 1. The van der Waals surface area contributed by atoms with Gasteiger partial charge in [-0.1, -0.05) is 13.8 Å². The Morgan fingerprint density at radius 3 is 2.51 bits per heavy atom. The van der Waals surface area contributed by atoms with E-state index in [4.69, 9.17) is 4.74 Å². The number of hydrogen-bond donors (Lipinski definition) is 2. The van der Waals surface area contributed by atoms with E-state index in [1.165, 1.54) is 24.5 Å². The average Bonchev–Trinajstić information content (AvgIpc) is 3.33. The summed E-state index contributed by atoms with van der Waals surface area (Å²) in [6.07, 6.45) is 2.78. The van der Waals surface area contributed by atoms with Gasteiger partial charge in [-0.15, -0.1) is 10.2 Å². The largest absolute Gasteiger partial charge is 0.434 e. The van der Waals surface area contributed by atoms with Crippen molar-refractivity contribution < 1.29 is 19.0 Å². The van der Waals surface area contributed by atoms with Gasteiger partial charge in [0.25, 0.3) is 11.8 Å². The zero-order valence-electron chi connectivity index (χ0n) is 25.5. The summed E-state index contributed by atoms with van der Waals surface area (Å²) >= 11 is 0. The fourth-order valence-electron chi connectivity index (χ4n) is 6.47. The minimum absolute atomic E-state index is 0.0722. The fraction of sp³-hybridized carbons (Fsp3) is 0.667. The number of hydrogen-bond acceptors (Lipinski definition) is 9. The van der Waals surface area contributed by atoms with Gasteiger partial charge in [0, 0.05) is 56.3 Å². The van der Waals surface area contributed by atoms with E-state index >= 15 is 0 Å². The summed E-state index contributed by atoms with van der Waals surface area (Å²) in [7, 11) is 1.86. The van der Waals surface area contributed by atoms with E-state index in [0.29, 0.717) is 24.3 Å². The number of nitrogens with one attached hydrogen (secondary N) is 1. The summed E-state index contributed by atoms with van der Waals surface area (Å²) in [5.41, 5.74) is 0.270. The summed E-state index contributed by atoms with van der Waals surface area (Å²) in [6.45, 7) is 16.3. The Hall–Kier alpha value is -2.89. The Bertz CT molecular complexity index is 1180. The van der Waals surface area contributed by atoms with E-state index in [-0.39, 0.29) is 46.7 Å². The Morgan fingerprint density at radius 1 is 1.17 bits per heavy atom. The highest BCUT2D eigenvalue weighted by Gasteiger charge is 2.50. The molecule has 1 aromatic carbocycles. The summed E-state index contributed by atoms with van der Waals surface area (Å²) in [6, 6.07) is 4.13. The lowest BCUT2D eigenvalue weighted by molar-refractivity contribution is -0.0456. The van der Waals surface area contributed by atoms with Crippen molar-refractivity contribution in [3.05, 3.63) is 35.9 Å². The second-order valence-electron chi connectivity index (χ2n) is 12.6. The molecule has 3 heterocycles. The molecule has 41 heavy (non-hydrogen) atoms. The highest BCUT2D eigenvalue weighted by Crippen LogP contribution is 2.44. The lowest BCUT2D eigenvalue weighted by Gasteiger charge is -2.53. The molecule has 2 atom stereocenters. The lowest BCUT2D eigenvalue weighted by atomic mass is 9.76. The van der Waals surface area contributed by atoms with E-state index in [0.717, 1.165) is 39.0 Å². The topological polar surface area (TPSA) is 107 Å². The molecule has 2 N–H and O–H groups in total. The number of ether oxygens (including phenoxy) is 1. The molecule has 4 rings (SSSR count). The van der Waals surface area contributed by atoms with Gasteiger partial charge in [0.1, 0.15) is 17.9 Å². The number of aliphatic hydroxyl groups is 1. The molecule has 2 aliphatic rings. The highest BCUT2D eigenvalue weighted by molar-refractivity contribution is 5.97. The van der Waals surface area contributed by atoms with Crippen molar-refractivity contribution in [1.82, 2.24) is 30.3 Å². The average molecular weight is 572 g/mol. The van der Waals surface area contributed by atoms with E-state index in [1.807, 2.05) is 34.7 Å². The summed E-state index contributed by atoms with van der Waals surface area (Å²) in [5.74, 6) is 0.592. The van der Waals surface area contributed by atoms with Crippen molar-refractivity contribution in [2.24, 2.45) is 11.3 Å². The molecule has 10 nitrogen and oxygen atoms in total. The van der Waals surface area contributed by atoms with Gasteiger partial charge in [0.15, 0.2) is 5.82 Å². The van der Waals surface area contributed by atoms with Crippen LogP contribution in [-0.2, 0) is 0 Å². The van der Waals surface area contributed by atoms with Crippen LogP contribution >= 0.6 is 0 Å². The van der Waals surface area contributed by atoms with Gasteiger partial charge in [0.05, 0.1) is 11.7 Å². The molecule has 0 aliphatic carbocycles. The van der Waals surface area contributed by atoms with Crippen LogP contribution < -0.4 is 15.0 Å². The van der Waals surface area contributed by atoms with Crippen molar-refractivity contribution in [2.75, 3.05) is 44.7 Å². The molecule has 1 spiro atoms. The number of aliphatic hydroxyl groups excluding tert-OH is 1. The third-order valence-electron chi connectivity index (χ3n) is 8.30. The molecule has 1 amide bonds. The Morgan fingerprint density at radius 2 is 1.88 bits per heavy atom. The minimum atomic E-state index is -0.514. The number of likely N-dealkylation sites (N-methyl/N-ethyl adjacent to an activating group) is 1. The molecule has 2 unspecified atom stereocenters. The van der Waals surface area contributed by atoms with Crippen LogP contribution in [0.25, 0.3) is 0 Å². The molecule has 1 aromatic heterocycles. The molecule has 11 heteroatoms. The normalized spacial score (nSPS) is 18.3. The van der Waals surface area contributed by atoms with Crippen LogP contribution in [-0.4, -0.2) is 100.0 Å². The van der Waals surface area contributed by atoms with Crippen molar-refractivity contribution in [3.63, 3.8) is 0 Å². The number of anilines is 1. The van der Waals surface area contributed by atoms with Gasteiger partial charge in [-0.25, -0.2) is 9.37 Å². The first-order chi connectivity index (χ1) is 19.4. The van der Waals surface area contributed by atoms with E-state index < -0.39 is 5.82 Å². The van der Waals surface area contributed by atoms with Crippen molar-refractivity contribution in [2.45, 2.75) is 78.6 Å². The number of halogens is 1. The van der Waals surface area contributed by atoms with Gasteiger partial charge < -0.3 is 25.0 Å². The number of aromatic nitrogens is 3. The van der Waals surface area contributed by atoms with Crippen molar-refractivity contribution in [1.29, 1.82) is 0 Å². The Kier molecular flexibility index (Phi) is 9.81. The van der Waals surface area contributed by atoms with Crippen LogP contribution in [0.3, 0.4) is 0 Å². The van der Waals surface area contributed by atoms with E-state index in [9.17, 15) is 14.3 Å². The standard InChI is InChI=1S/C30H46FN7O3/c1-19(2)25(13-23(39)14-32-7)37-16-30(17-37)10-11-36(15-30)27-28(35-34-18-33-27)41-26-9-8-22(31)12-24(26)29(40)38(20(3)4)21(5)6/h8-9,12,18-21,23,25,32,39H,10-11,13-17H2,1-7H3. The molecule has 0 bridgehead atoms. The third kappa shape index (κ3) is 6.95. The zero-order chi connectivity index (χ0) is 29.9. The number of rotatable bonds is 12. The number of amides is 1. The van der Waals surface area contributed by atoms with E-state index in [2.05, 4.69) is 44.1 Å². The summed E-state index contributed by atoms with van der Waals surface area (Å²) in [5, 5.41) is 21.6. The van der Waals surface area contributed by atoms with Crippen LogP contribution in [0, 0.1) is 17.2 Å². The molecule has 2 aliphatic heterocycles. The first-order valence-electron chi connectivity index (χ1n) is 14.7. The quantitative estimate of drug-likeness (QED) is 0.395. The van der Waals surface area contributed by atoms with Crippen LogP contribution in [0.15, 0.2) is 24.5 Å². The SMILES string of the molecule is CNCC(O)CC(C(C)C)N1CC2(CCN(c3ncnnc3Oc3ccc(F)cc3C(=O)N(C(C)C)C(C)C)C2)C1. The van der Waals surface area contributed by atoms with Gasteiger partial charge in [-0.05, 0) is 71.7 Å². The van der Waals surface area contributed by atoms with Crippen molar-refractivity contribution >= 4 is 11.7 Å². The first kappa shape index (κ1) is 31.1. The molecular formula is C30H46FN7O3. The first-order valence-corrected chi connectivity index (χ1v) is 14.7. The monoisotopic (exact) mass is 571 g/mol. The second-order valence-corrected chi connectivity index (χ2v) is 12.6. The predicted molar refractivity (Wildman–Crippen MR) is 157 cm³/mol. The molecule has 0 radical (unpaired) electrons. The smallest absolute Gasteiger partial charge is 0.282 e. The highest BCUT2D eigenvalue weighted by atomic mass is 19.1. The molecular weight excluding hydrogens is 525 g/mol. The zero-order valence-corrected chi connectivity index (χ0v) is 25.5. The molecule has 2 saturated heterocycles. The Balaban J connectivity index is 1.50. The number of nitrogens with zero attached hydrogens (tertiary/aromatic N) is 6. The molecule has 2 aromatic rings. The molecule has 2 fully saturated rings. The van der Waals surface area contributed by atoms with Gasteiger partial charge in [-0.2, -0.15) is 0 Å². The number of benzene rings is 1. The number of carbonyl (C=O) groups is 1. The maximum absolute atomic E-state index is 14.3. The summed E-state index contributed by atoms with van der Waals surface area (Å²) < 4.78 is 20.5. The van der Waals surface area contributed by atoms with E-state index in [1.54, 1.807) is 4.90 Å². The van der Waals surface area contributed by atoms with Crippen LogP contribution in [0.2, 0.25) is 0 Å². The van der Waals surface area contributed by atoms with Gasteiger partial charge in [-0.3, -0.25) is 9.69 Å². The Labute approximate surface area is 243 Å². The van der Waals surface area contributed by atoms with Crippen LogP contribution in [0.1, 0.15) is 64.7 Å². The van der Waals surface area contributed by atoms with Gasteiger partial charge >= 0.3 is 0 Å². The molecule has 0 saturated carbocycles. The maximum atomic E-state index is 14.3. The minimum Gasteiger partial charge on any atom is -0.434 e. The second kappa shape index (κ2) is 13.0.